The summed E-state index contributed by atoms with van der Waals surface area (Å²) in [6.07, 6.45) is -0.215. The summed E-state index contributed by atoms with van der Waals surface area (Å²) in [5.41, 5.74) is 1.20. The number of nitrogens with zero attached hydrogens (tertiary/aromatic N) is 2. The quantitative estimate of drug-likeness (QED) is 0.765. The maximum atomic E-state index is 11.8. The van der Waals surface area contributed by atoms with E-state index in [9.17, 15) is 9.59 Å². The molecule has 0 aliphatic carbocycles. The Kier molecular flexibility index (Phi) is 4.42. The second kappa shape index (κ2) is 5.62. The highest BCUT2D eigenvalue weighted by atomic mass is 16.5. The van der Waals surface area contributed by atoms with Crippen molar-refractivity contribution in [1.82, 2.24) is 9.88 Å². The lowest BCUT2D eigenvalue weighted by Crippen LogP contribution is -2.24. The van der Waals surface area contributed by atoms with Crippen LogP contribution in [0.15, 0.2) is 12.1 Å². The standard InChI is InChI=1S/C13H18N2O3/c1-8(2)18-13(17)11-7-9(3)6-10(14-11)12(16)15(4)5/h6-8H,1-5H3. The smallest absolute Gasteiger partial charge is 0.357 e. The fourth-order valence-electron chi connectivity index (χ4n) is 1.38. The number of ether oxygens (including phenoxy) is 1. The third kappa shape index (κ3) is 3.55. The van der Waals surface area contributed by atoms with Crippen molar-refractivity contribution in [2.45, 2.75) is 26.9 Å². The van der Waals surface area contributed by atoms with Gasteiger partial charge < -0.3 is 9.64 Å². The molecule has 0 unspecified atom stereocenters. The van der Waals surface area contributed by atoms with E-state index in [1.807, 2.05) is 0 Å². The van der Waals surface area contributed by atoms with Gasteiger partial charge in [0.1, 0.15) is 11.4 Å². The van der Waals surface area contributed by atoms with Crippen LogP contribution in [-0.4, -0.2) is 42.0 Å². The maximum absolute atomic E-state index is 11.8. The maximum Gasteiger partial charge on any atom is 0.357 e. The van der Waals surface area contributed by atoms with E-state index in [1.165, 1.54) is 4.90 Å². The highest BCUT2D eigenvalue weighted by molar-refractivity contribution is 5.94. The highest BCUT2D eigenvalue weighted by Crippen LogP contribution is 2.09. The molecular weight excluding hydrogens is 232 g/mol. The minimum Gasteiger partial charge on any atom is -0.458 e. The molecule has 0 N–H and O–H groups in total. The Morgan fingerprint density at radius 2 is 1.78 bits per heavy atom. The van der Waals surface area contributed by atoms with E-state index >= 15 is 0 Å². The summed E-state index contributed by atoms with van der Waals surface area (Å²) in [5.74, 6) is -0.751. The minimum absolute atomic E-state index is 0.161. The Labute approximate surface area is 107 Å². The van der Waals surface area contributed by atoms with Crippen molar-refractivity contribution in [3.8, 4) is 0 Å². The van der Waals surface area contributed by atoms with Crippen molar-refractivity contribution in [2.75, 3.05) is 14.1 Å². The normalized spacial score (nSPS) is 10.3. The average molecular weight is 250 g/mol. The molecular formula is C13H18N2O3. The summed E-state index contributed by atoms with van der Waals surface area (Å²) in [5, 5.41) is 0. The molecule has 1 heterocycles. The first kappa shape index (κ1) is 14.2. The molecule has 0 atom stereocenters. The molecule has 0 spiro atoms. The van der Waals surface area contributed by atoms with Crippen molar-refractivity contribution in [3.05, 3.63) is 29.1 Å². The van der Waals surface area contributed by atoms with E-state index in [4.69, 9.17) is 4.74 Å². The number of hydrogen-bond acceptors (Lipinski definition) is 4. The van der Waals surface area contributed by atoms with E-state index in [-0.39, 0.29) is 23.4 Å². The number of amides is 1. The van der Waals surface area contributed by atoms with Gasteiger partial charge in [0, 0.05) is 14.1 Å². The summed E-state index contributed by atoms with van der Waals surface area (Å²) in [7, 11) is 3.27. The van der Waals surface area contributed by atoms with Gasteiger partial charge in [0.05, 0.1) is 6.10 Å². The molecule has 1 aromatic heterocycles. The predicted octanol–water partition coefficient (Wildman–Crippen LogP) is 1.66. The predicted molar refractivity (Wildman–Crippen MR) is 67.5 cm³/mol. The van der Waals surface area contributed by atoms with Crippen molar-refractivity contribution in [1.29, 1.82) is 0 Å². The Morgan fingerprint density at radius 1 is 1.22 bits per heavy atom. The third-order valence-corrected chi connectivity index (χ3v) is 2.15. The summed E-state index contributed by atoms with van der Waals surface area (Å²) in [6, 6.07) is 3.26. The topological polar surface area (TPSA) is 59.5 Å². The van der Waals surface area contributed by atoms with Gasteiger partial charge in [0.2, 0.25) is 0 Å². The van der Waals surface area contributed by atoms with Gasteiger partial charge in [-0.3, -0.25) is 4.79 Å². The van der Waals surface area contributed by atoms with Gasteiger partial charge in [0.25, 0.3) is 5.91 Å². The highest BCUT2D eigenvalue weighted by Gasteiger charge is 2.16. The molecule has 0 aliphatic heterocycles. The first-order valence-corrected chi connectivity index (χ1v) is 5.72. The zero-order valence-corrected chi connectivity index (χ0v) is 11.4. The van der Waals surface area contributed by atoms with Crippen LogP contribution in [0, 0.1) is 6.92 Å². The number of rotatable bonds is 3. The van der Waals surface area contributed by atoms with E-state index < -0.39 is 5.97 Å². The molecule has 1 amide bonds. The van der Waals surface area contributed by atoms with Gasteiger partial charge in [-0.2, -0.15) is 0 Å². The molecule has 1 rings (SSSR count). The lowest BCUT2D eigenvalue weighted by Gasteiger charge is -2.12. The molecule has 98 valence electrons. The van der Waals surface area contributed by atoms with Crippen molar-refractivity contribution < 1.29 is 14.3 Å². The van der Waals surface area contributed by atoms with Crippen LogP contribution in [0.1, 0.15) is 40.4 Å². The van der Waals surface area contributed by atoms with Gasteiger partial charge >= 0.3 is 5.97 Å². The zero-order valence-electron chi connectivity index (χ0n) is 11.4. The average Bonchev–Trinajstić information content (AvgIpc) is 2.26. The molecule has 5 heteroatoms. The largest absolute Gasteiger partial charge is 0.458 e. The lowest BCUT2D eigenvalue weighted by molar-refractivity contribution is 0.0370. The van der Waals surface area contributed by atoms with Crippen LogP contribution in [0.25, 0.3) is 0 Å². The number of carbonyl (C=O) groups is 2. The summed E-state index contributed by atoms with van der Waals surface area (Å²) in [6.45, 7) is 5.33. The van der Waals surface area contributed by atoms with Gasteiger partial charge in [-0.15, -0.1) is 0 Å². The summed E-state index contributed by atoms with van der Waals surface area (Å²) >= 11 is 0. The Bertz CT molecular complexity index is 467. The van der Waals surface area contributed by atoms with E-state index in [1.54, 1.807) is 47.0 Å². The number of aromatic nitrogens is 1. The molecule has 0 bridgehead atoms. The fourth-order valence-corrected chi connectivity index (χ4v) is 1.38. The van der Waals surface area contributed by atoms with E-state index in [0.29, 0.717) is 0 Å². The Hall–Kier alpha value is -1.91. The Balaban J connectivity index is 3.08. The fraction of sp³-hybridized carbons (Fsp3) is 0.462. The number of esters is 1. The molecule has 0 saturated carbocycles. The first-order chi connectivity index (χ1) is 8.31. The van der Waals surface area contributed by atoms with Crippen LogP contribution >= 0.6 is 0 Å². The van der Waals surface area contributed by atoms with E-state index in [0.717, 1.165) is 5.56 Å². The zero-order chi connectivity index (χ0) is 13.9. The molecule has 0 aliphatic rings. The van der Waals surface area contributed by atoms with Gasteiger partial charge in [-0.1, -0.05) is 0 Å². The van der Waals surface area contributed by atoms with Crippen LogP contribution in [0.4, 0.5) is 0 Å². The van der Waals surface area contributed by atoms with Crippen LogP contribution in [0.2, 0.25) is 0 Å². The number of aryl methyl sites for hydroxylation is 1. The van der Waals surface area contributed by atoms with Gasteiger partial charge in [-0.05, 0) is 38.5 Å². The molecule has 0 radical (unpaired) electrons. The monoisotopic (exact) mass is 250 g/mol. The Morgan fingerprint density at radius 3 is 2.28 bits per heavy atom. The van der Waals surface area contributed by atoms with Crippen LogP contribution in [0.5, 0.6) is 0 Å². The molecule has 0 aromatic carbocycles. The molecule has 0 fully saturated rings. The van der Waals surface area contributed by atoms with Crippen molar-refractivity contribution in [2.24, 2.45) is 0 Å². The van der Waals surface area contributed by atoms with E-state index in [2.05, 4.69) is 4.98 Å². The number of carbonyl (C=O) groups excluding carboxylic acids is 2. The molecule has 0 saturated heterocycles. The van der Waals surface area contributed by atoms with Gasteiger partial charge in [0.15, 0.2) is 0 Å². The number of hydrogen-bond donors (Lipinski definition) is 0. The molecule has 18 heavy (non-hydrogen) atoms. The number of pyridine rings is 1. The molecule has 1 aromatic rings. The van der Waals surface area contributed by atoms with Crippen molar-refractivity contribution >= 4 is 11.9 Å². The van der Waals surface area contributed by atoms with Crippen LogP contribution in [0.3, 0.4) is 0 Å². The van der Waals surface area contributed by atoms with Crippen LogP contribution < -0.4 is 0 Å². The second-order valence-electron chi connectivity index (χ2n) is 4.57. The van der Waals surface area contributed by atoms with Crippen molar-refractivity contribution in [3.63, 3.8) is 0 Å². The van der Waals surface area contributed by atoms with Crippen LogP contribution in [-0.2, 0) is 4.74 Å². The summed E-state index contributed by atoms with van der Waals surface area (Å²) < 4.78 is 5.06. The minimum atomic E-state index is -0.512. The third-order valence-electron chi connectivity index (χ3n) is 2.15. The summed E-state index contributed by atoms with van der Waals surface area (Å²) in [4.78, 5) is 29.0. The first-order valence-electron chi connectivity index (χ1n) is 5.72. The second-order valence-corrected chi connectivity index (χ2v) is 4.57. The van der Waals surface area contributed by atoms with Gasteiger partial charge in [-0.25, -0.2) is 9.78 Å². The lowest BCUT2D eigenvalue weighted by atomic mass is 10.2. The SMILES string of the molecule is Cc1cc(C(=O)OC(C)C)nc(C(=O)N(C)C)c1. The molecule has 5 nitrogen and oxygen atoms in total.